The highest BCUT2D eigenvalue weighted by Crippen LogP contribution is 2.21. The maximum Gasteiger partial charge on any atom is 0.134 e. The smallest absolute Gasteiger partial charge is 0.134 e. The van der Waals surface area contributed by atoms with E-state index in [1.165, 1.54) is 74.0 Å². The Morgan fingerprint density at radius 2 is 1.06 bits per heavy atom. The molecule has 0 unspecified atom stereocenters. The molecule has 2 N–H and O–H groups in total. The summed E-state index contributed by atoms with van der Waals surface area (Å²) in [5.41, 5.74) is 4.44. The van der Waals surface area contributed by atoms with Gasteiger partial charge >= 0.3 is 0 Å². The largest absolute Gasteiger partial charge is 0.464 e. The topological polar surface area (TPSA) is 56.8 Å². The van der Waals surface area contributed by atoms with Crippen molar-refractivity contribution in [2.75, 3.05) is 52.4 Å². The van der Waals surface area contributed by atoms with Crippen molar-refractivity contribution in [2.24, 2.45) is 0 Å². The number of fused-ring (bicyclic) bond motifs is 2. The highest BCUT2D eigenvalue weighted by Gasteiger charge is 2.16. The van der Waals surface area contributed by atoms with E-state index in [0.29, 0.717) is 0 Å². The minimum atomic E-state index is 0.871. The van der Waals surface area contributed by atoms with Gasteiger partial charge in [0.25, 0.3) is 0 Å². The van der Waals surface area contributed by atoms with Crippen molar-refractivity contribution in [3.05, 3.63) is 72.2 Å². The van der Waals surface area contributed by atoms with Gasteiger partial charge < -0.3 is 29.3 Å². The molecule has 3 heterocycles. The molecule has 0 aliphatic carbocycles. The molecule has 34 heavy (non-hydrogen) atoms. The van der Waals surface area contributed by atoms with E-state index in [1.807, 2.05) is 36.8 Å². The molecule has 0 atom stereocenters. The van der Waals surface area contributed by atoms with Crippen LogP contribution < -0.4 is 10.6 Å². The van der Waals surface area contributed by atoms with Gasteiger partial charge in [0.05, 0.1) is 12.5 Å². The van der Waals surface area contributed by atoms with Crippen molar-refractivity contribution in [3.63, 3.8) is 0 Å². The summed E-state index contributed by atoms with van der Waals surface area (Å²) >= 11 is 0. The number of para-hydroxylation sites is 2. The molecule has 1 aliphatic rings. The first kappa shape index (κ1) is 23.1. The summed E-state index contributed by atoms with van der Waals surface area (Å²) in [6.45, 7) is 10.9. The number of hydrogen-bond acceptors (Lipinski definition) is 6. The minimum Gasteiger partial charge on any atom is -0.464 e. The van der Waals surface area contributed by atoms with Crippen LogP contribution in [0, 0.1) is 0 Å². The van der Waals surface area contributed by atoms with E-state index in [2.05, 4.69) is 44.7 Å². The number of piperazine rings is 1. The van der Waals surface area contributed by atoms with E-state index in [-0.39, 0.29) is 0 Å². The first-order chi connectivity index (χ1) is 16.9. The van der Waals surface area contributed by atoms with Crippen molar-refractivity contribution in [3.8, 4) is 0 Å². The number of hydrogen-bond donors (Lipinski definition) is 2. The number of nitrogens with one attached hydrogen (secondary N) is 2. The summed E-state index contributed by atoms with van der Waals surface area (Å²) in [6.07, 6.45) is 6.13. The molecule has 180 valence electrons. The van der Waals surface area contributed by atoms with Crippen molar-refractivity contribution in [2.45, 2.75) is 25.9 Å². The van der Waals surface area contributed by atoms with Crippen molar-refractivity contribution in [1.29, 1.82) is 0 Å². The number of rotatable bonds is 12. The Bertz CT molecular complexity index is 1070. The van der Waals surface area contributed by atoms with Gasteiger partial charge in [0.2, 0.25) is 0 Å². The fourth-order valence-corrected chi connectivity index (χ4v) is 4.88. The summed E-state index contributed by atoms with van der Waals surface area (Å²) in [4.78, 5) is 5.21. The molecule has 0 bridgehead atoms. The number of nitrogens with zero attached hydrogens (tertiary/aromatic N) is 2. The molecule has 0 spiro atoms. The predicted molar refractivity (Wildman–Crippen MR) is 138 cm³/mol. The van der Waals surface area contributed by atoms with Crippen LogP contribution in [0.2, 0.25) is 0 Å². The van der Waals surface area contributed by atoms with Crippen LogP contribution in [0.1, 0.15) is 24.0 Å². The third-order valence-electron chi connectivity index (χ3n) is 6.87. The first-order valence-electron chi connectivity index (χ1n) is 12.6. The molecule has 0 amide bonds. The summed E-state index contributed by atoms with van der Waals surface area (Å²) in [7, 11) is 0. The predicted octanol–water partition coefficient (Wildman–Crippen LogP) is 4.46. The van der Waals surface area contributed by atoms with E-state index in [0.717, 1.165) is 37.3 Å². The lowest BCUT2D eigenvalue weighted by atomic mass is 10.2. The zero-order chi connectivity index (χ0) is 23.0. The van der Waals surface area contributed by atoms with E-state index >= 15 is 0 Å². The summed E-state index contributed by atoms with van der Waals surface area (Å²) in [6, 6.07) is 16.5. The third-order valence-corrected chi connectivity index (χ3v) is 6.87. The van der Waals surface area contributed by atoms with Gasteiger partial charge in [0.1, 0.15) is 11.2 Å². The number of furan rings is 2. The molecule has 1 aliphatic heterocycles. The van der Waals surface area contributed by atoms with E-state index < -0.39 is 0 Å². The second-order valence-electron chi connectivity index (χ2n) is 9.26. The molecule has 1 fully saturated rings. The SMILES string of the molecule is c1ccc2c(CNCCCN3CCN(CCCNCc4coc5ccccc45)CC3)coc2c1. The van der Waals surface area contributed by atoms with Crippen LogP contribution in [0.4, 0.5) is 0 Å². The van der Waals surface area contributed by atoms with Gasteiger partial charge in [-0.25, -0.2) is 0 Å². The van der Waals surface area contributed by atoms with Crippen LogP contribution in [0.5, 0.6) is 0 Å². The molecule has 0 saturated carbocycles. The van der Waals surface area contributed by atoms with E-state index in [4.69, 9.17) is 8.83 Å². The van der Waals surface area contributed by atoms with Crippen LogP contribution in [0.15, 0.2) is 69.9 Å². The standard InChI is InChI=1S/C28H36N4O2/c1-3-9-27-25(7-1)23(21-33-27)19-29-11-5-13-31-15-17-32(18-16-31)14-6-12-30-20-24-22-34-28-10-4-2-8-26(24)28/h1-4,7-10,21-22,29-30H,5-6,11-20H2. The van der Waals surface area contributed by atoms with Gasteiger partial charge in [0, 0.05) is 61.2 Å². The lowest BCUT2D eigenvalue weighted by Crippen LogP contribution is -2.47. The lowest BCUT2D eigenvalue weighted by molar-refractivity contribution is 0.130. The van der Waals surface area contributed by atoms with Crippen molar-refractivity contribution in [1.82, 2.24) is 20.4 Å². The van der Waals surface area contributed by atoms with Crippen molar-refractivity contribution >= 4 is 21.9 Å². The zero-order valence-electron chi connectivity index (χ0n) is 20.0. The lowest BCUT2D eigenvalue weighted by Gasteiger charge is -2.34. The molecule has 1 saturated heterocycles. The summed E-state index contributed by atoms with van der Waals surface area (Å²) < 4.78 is 11.2. The Morgan fingerprint density at radius 3 is 1.53 bits per heavy atom. The Kier molecular flexibility index (Phi) is 7.93. The van der Waals surface area contributed by atoms with Gasteiger partial charge in [-0.1, -0.05) is 36.4 Å². The summed E-state index contributed by atoms with van der Waals surface area (Å²) in [5.74, 6) is 0. The van der Waals surface area contributed by atoms with Gasteiger partial charge in [-0.3, -0.25) is 0 Å². The fraction of sp³-hybridized carbons (Fsp3) is 0.429. The molecule has 6 heteroatoms. The summed E-state index contributed by atoms with van der Waals surface area (Å²) in [5, 5.41) is 9.59. The monoisotopic (exact) mass is 460 g/mol. The molecule has 6 nitrogen and oxygen atoms in total. The Balaban J connectivity index is 0.906. The van der Waals surface area contributed by atoms with Crippen LogP contribution in [0.3, 0.4) is 0 Å². The molecule has 2 aromatic heterocycles. The second-order valence-corrected chi connectivity index (χ2v) is 9.26. The fourth-order valence-electron chi connectivity index (χ4n) is 4.88. The average molecular weight is 461 g/mol. The molecule has 2 aromatic carbocycles. The molecule has 4 aromatic rings. The molecular weight excluding hydrogens is 424 g/mol. The van der Waals surface area contributed by atoms with Crippen LogP contribution in [-0.2, 0) is 13.1 Å². The molecule has 5 rings (SSSR count). The third kappa shape index (κ3) is 5.88. The Labute approximate surface area is 201 Å². The van der Waals surface area contributed by atoms with Gasteiger partial charge in [-0.05, 0) is 51.2 Å². The highest BCUT2D eigenvalue weighted by molar-refractivity contribution is 5.81. The Hall–Kier alpha value is -2.64. The van der Waals surface area contributed by atoms with E-state index in [1.54, 1.807) is 0 Å². The van der Waals surface area contributed by atoms with E-state index in [9.17, 15) is 0 Å². The van der Waals surface area contributed by atoms with Crippen LogP contribution >= 0.6 is 0 Å². The quantitative estimate of drug-likeness (QED) is 0.305. The Morgan fingerprint density at radius 1 is 0.618 bits per heavy atom. The zero-order valence-corrected chi connectivity index (χ0v) is 20.0. The number of benzene rings is 2. The second kappa shape index (κ2) is 11.7. The van der Waals surface area contributed by atoms with Gasteiger partial charge in [0.15, 0.2) is 0 Å². The van der Waals surface area contributed by atoms with Crippen LogP contribution in [-0.4, -0.2) is 62.2 Å². The maximum absolute atomic E-state index is 5.62. The van der Waals surface area contributed by atoms with Gasteiger partial charge in [-0.2, -0.15) is 0 Å². The van der Waals surface area contributed by atoms with Crippen molar-refractivity contribution < 1.29 is 8.83 Å². The highest BCUT2D eigenvalue weighted by atomic mass is 16.3. The van der Waals surface area contributed by atoms with Crippen LogP contribution in [0.25, 0.3) is 21.9 Å². The van der Waals surface area contributed by atoms with Gasteiger partial charge in [-0.15, -0.1) is 0 Å². The maximum atomic E-state index is 5.62. The molecular formula is C28H36N4O2. The molecule has 0 radical (unpaired) electrons. The normalized spacial score (nSPS) is 15.5. The minimum absolute atomic E-state index is 0.871. The average Bonchev–Trinajstić information content (AvgIpc) is 3.49. The first-order valence-corrected chi connectivity index (χ1v) is 12.6.